The predicted octanol–water partition coefficient (Wildman–Crippen LogP) is 7.67. The molecule has 3 rings (SSSR count). The lowest BCUT2D eigenvalue weighted by molar-refractivity contribution is -0.348. The first-order chi connectivity index (χ1) is 20.3. The van der Waals surface area contributed by atoms with Crippen molar-refractivity contribution < 1.29 is 66.3 Å². The maximum absolute atomic E-state index is 15.4. The molecular formula is C26H16F11IN2O4S. The van der Waals surface area contributed by atoms with Crippen LogP contribution in [0.4, 0.5) is 59.7 Å². The molecule has 45 heavy (non-hydrogen) atoms. The summed E-state index contributed by atoms with van der Waals surface area (Å²) in [6.45, 7) is 0. The van der Waals surface area contributed by atoms with Crippen LogP contribution in [0, 0.1) is 9.39 Å². The summed E-state index contributed by atoms with van der Waals surface area (Å²) in [7, 11) is -2.58. The van der Waals surface area contributed by atoms with Gasteiger partial charge in [-0.05, 0) is 71.1 Å². The Kier molecular flexibility index (Phi) is 9.62. The highest BCUT2D eigenvalue weighted by atomic mass is 127. The second-order valence-electron chi connectivity index (χ2n) is 9.29. The smallest absolute Gasteiger partial charge is 0.320 e. The van der Waals surface area contributed by atoms with Gasteiger partial charge in [-0.1, -0.05) is 6.07 Å². The normalized spacial score (nSPS) is 13.0. The van der Waals surface area contributed by atoms with Crippen LogP contribution in [0.25, 0.3) is 0 Å². The first-order valence-corrected chi connectivity index (χ1v) is 14.7. The van der Waals surface area contributed by atoms with Crippen LogP contribution in [0.5, 0.6) is 0 Å². The molecule has 244 valence electrons. The number of hydrogen-bond donors (Lipinski definition) is 1. The van der Waals surface area contributed by atoms with E-state index >= 15 is 4.39 Å². The van der Waals surface area contributed by atoms with Gasteiger partial charge in [0, 0.05) is 28.0 Å². The summed E-state index contributed by atoms with van der Waals surface area (Å²) in [5.74, 6) is -4.06. The molecule has 3 aromatic rings. The average Bonchev–Trinajstić information content (AvgIpc) is 2.90. The topological polar surface area (TPSA) is 83.6 Å². The fourth-order valence-corrected chi connectivity index (χ4v) is 5.32. The van der Waals surface area contributed by atoms with Gasteiger partial charge < -0.3 is 10.2 Å². The van der Waals surface area contributed by atoms with Crippen LogP contribution in [-0.4, -0.2) is 45.9 Å². The predicted molar refractivity (Wildman–Crippen MR) is 146 cm³/mol. The van der Waals surface area contributed by atoms with Crippen molar-refractivity contribution in [2.75, 3.05) is 23.5 Å². The number of anilines is 2. The Hall–Kier alpha value is -3.49. The average molecular weight is 788 g/mol. The molecule has 6 nitrogen and oxygen atoms in total. The molecule has 0 saturated heterocycles. The van der Waals surface area contributed by atoms with Crippen LogP contribution in [0.1, 0.15) is 31.8 Å². The molecule has 0 aromatic heterocycles. The van der Waals surface area contributed by atoms with Crippen molar-refractivity contribution in [3.05, 3.63) is 86.2 Å². The number of benzene rings is 3. The summed E-state index contributed by atoms with van der Waals surface area (Å²) < 4.78 is 173. The summed E-state index contributed by atoms with van der Waals surface area (Å²) >= 11 is 0.849. The van der Waals surface area contributed by atoms with Crippen LogP contribution in [0.2, 0.25) is 0 Å². The Bertz CT molecular complexity index is 1740. The molecule has 0 radical (unpaired) electrons. The second kappa shape index (κ2) is 12.0. The van der Waals surface area contributed by atoms with E-state index in [1.54, 1.807) is 5.32 Å². The number of halogens is 12. The minimum absolute atomic E-state index is 0.134. The first-order valence-electron chi connectivity index (χ1n) is 11.7. The van der Waals surface area contributed by atoms with Crippen molar-refractivity contribution in [3.63, 3.8) is 0 Å². The standard InChI is InChI=1S/C26H16F11IN2O4S/c1-40(22(42)12-6-8-14(9-7-12)45(2,43)44)18-5-3-4-15(19(18)27)21(41)39-20-16(24(29,30)31)10-13(11-17(20)38)23(28,25(32,33)34)26(35,36)37/h3-11H,1-2H3,(H,39,41). The molecular weight excluding hydrogens is 772 g/mol. The third-order valence-corrected chi connectivity index (χ3v) is 8.21. The monoisotopic (exact) mass is 788 g/mol. The maximum atomic E-state index is 15.4. The Morgan fingerprint density at radius 3 is 1.84 bits per heavy atom. The lowest BCUT2D eigenvalue weighted by atomic mass is 9.92. The largest absolute Gasteiger partial charge is 0.435 e. The number of nitrogens with zero attached hydrogens (tertiary/aromatic N) is 1. The van der Waals surface area contributed by atoms with E-state index in [0.29, 0.717) is 4.90 Å². The minimum Gasteiger partial charge on any atom is -0.320 e. The van der Waals surface area contributed by atoms with E-state index in [1.807, 2.05) is 0 Å². The van der Waals surface area contributed by atoms with Gasteiger partial charge in [0.15, 0.2) is 15.7 Å². The summed E-state index contributed by atoms with van der Waals surface area (Å²) in [4.78, 5) is 26.3. The van der Waals surface area contributed by atoms with Gasteiger partial charge in [-0.3, -0.25) is 9.59 Å². The van der Waals surface area contributed by atoms with Crippen LogP contribution >= 0.6 is 22.6 Å². The Morgan fingerprint density at radius 1 is 0.844 bits per heavy atom. The molecule has 0 heterocycles. The number of carbonyl (C=O) groups excluding carboxylic acids is 2. The Labute approximate surface area is 260 Å². The molecule has 0 aliphatic heterocycles. The van der Waals surface area contributed by atoms with Crippen LogP contribution in [0.3, 0.4) is 0 Å². The van der Waals surface area contributed by atoms with Gasteiger partial charge in [-0.25, -0.2) is 17.2 Å². The number of carbonyl (C=O) groups is 2. The fourth-order valence-electron chi connectivity index (χ4n) is 3.93. The van der Waals surface area contributed by atoms with Crippen molar-refractivity contribution in [1.82, 2.24) is 0 Å². The van der Waals surface area contributed by atoms with E-state index < -0.39 is 89.4 Å². The molecule has 0 spiro atoms. The SMILES string of the molecule is CN(C(=O)c1ccc(S(C)(=O)=O)cc1)c1cccc(C(=O)Nc2c(I)cc(C(F)(C(F)(F)F)C(F)(F)F)cc2C(F)(F)F)c1F. The van der Waals surface area contributed by atoms with Crippen molar-refractivity contribution in [2.24, 2.45) is 0 Å². The van der Waals surface area contributed by atoms with Crippen molar-refractivity contribution in [2.45, 2.75) is 29.1 Å². The molecule has 0 saturated carbocycles. The van der Waals surface area contributed by atoms with Gasteiger partial charge in [0.2, 0.25) is 0 Å². The molecule has 1 N–H and O–H groups in total. The zero-order valence-corrected chi connectivity index (χ0v) is 25.2. The third-order valence-electron chi connectivity index (χ3n) is 6.23. The number of amides is 2. The lowest BCUT2D eigenvalue weighted by Gasteiger charge is -2.31. The second-order valence-corrected chi connectivity index (χ2v) is 12.5. The summed E-state index contributed by atoms with van der Waals surface area (Å²) in [5, 5.41) is 1.59. The van der Waals surface area contributed by atoms with E-state index in [-0.39, 0.29) is 16.5 Å². The quantitative estimate of drug-likeness (QED) is 0.206. The van der Waals surface area contributed by atoms with E-state index in [2.05, 4.69) is 0 Å². The van der Waals surface area contributed by atoms with Crippen LogP contribution in [-0.2, 0) is 21.7 Å². The maximum Gasteiger partial charge on any atom is 0.435 e. The van der Waals surface area contributed by atoms with Crippen LogP contribution in [0.15, 0.2) is 59.5 Å². The number of hydrogen-bond acceptors (Lipinski definition) is 4. The molecule has 0 aliphatic carbocycles. The van der Waals surface area contributed by atoms with Crippen molar-refractivity contribution in [1.29, 1.82) is 0 Å². The highest BCUT2D eigenvalue weighted by Gasteiger charge is 2.73. The molecule has 0 bridgehead atoms. The van der Waals surface area contributed by atoms with Gasteiger partial charge in [0.25, 0.3) is 11.8 Å². The first kappa shape index (κ1) is 36.0. The highest BCUT2D eigenvalue weighted by molar-refractivity contribution is 14.1. The fraction of sp³-hybridized carbons (Fsp3) is 0.231. The molecule has 0 aliphatic rings. The lowest BCUT2D eigenvalue weighted by Crippen LogP contribution is -2.50. The number of alkyl halides is 10. The Morgan fingerprint density at radius 2 is 1.38 bits per heavy atom. The summed E-state index contributed by atoms with van der Waals surface area (Å²) in [6, 6.07) is 6.21. The van der Waals surface area contributed by atoms with E-state index in [1.165, 1.54) is 0 Å². The third kappa shape index (κ3) is 7.02. The van der Waals surface area contributed by atoms with Crippen molar-refractivity contribution >= 4 is 55.6 Å². The molecule has 0 fully saturated rings. The zero-order chi connectivity index (χ0) is 34.5. The summed E-state index contributed by atoms with van der Waals surface area (Å²) in [5.41, 5.74) is -14.1. The van der Waals surface area contributed by atoms with E-state index in [4.69, 9.17) is 0 Å². The van der Waals surface area contributed by atoms with Crippen LogP contribution < -0.4 is 10.2 Å². The van der Waals surface area contributed by atoms with Gasteiger partial charge >= 0.3 is 24.2 Å². The van der Waals surface area contributed by atoms with E-state index in [0.717, 1.165) is 78.4 Å². The molecule has 0 unspecified atom stereocenters. The van der Waals surface area contributed by atoms with Gasteiger partial charge in [-0.15, -0.1) is 0 Å². The zero-order valence-electron chi connectivity index (χ0n) is 22.2. The van der Waals surface area contributed by atoms with Gasteiger partial charge in [0.1, 0.15) is 0 Å². The van der Waals surface area contributed by atoms with Gasteiger partial charge in [0.05, 0.1) is 27.4 Å². The molecule has 19 heteroatoms. The van der Waals surface area contributed by atoms with E-state index in [9.17, 15) is 61.9 Å². The Balaban J connectivity index is 2.05. The molecule has 2 amide bonds. The summed E-state index contributed by atoms with van der Waals surface area (Å²) in [6.07, 6.45) is -18.3. The minimum atomic E-state index is -6.73. The number of nitrogens with one attached hydrogen (secondary N) is 1. The van der Waals surface area contributed by atoms with Crippen molar-refractivity contribution in [3.8, 4) is 0 Å². The van der Waals surface area contributed by atoms with Gasteiger partial charge in [-0.2, -0.15) is 39.5 Å². The highest BCUT2D eigenvalue weighted by Crippen LogP contribution is 2.54. The molecule has 0 atom stereocenters. The molecule has 3 aromatic carbocycles. The number of rotatable bonds is 6. The number of sulfone groups is 1.